The number of nitrogens with zero attached hydrogens (tertiary/aromatic N) is 1. The molecule has 0 atom stereocenters. The highest BCUT2D eigenvalue weighted by Crippen LogP contribution is 2.09. The third-order valence-corrected chi connectivity index (χ3v) is 2.34. The number of quaternary nitrogens is 1. The highest BCUT2D eigenvalue weighted by molar-refractivity contribution is 4.76. The highest BCUT2D eigenvalue weighted by atomic mass is 127. The SMILES string of the molecule is C=CC[N+](CC=C)(CC=C)CCCO.O.[I-]. The lowest BCUT2D eigenvalue weighted by Gasteiger charge is -2.36. The number of halogens is 1. The molecule has 0 radical (unpaired) electrons. The van der Waals surface area contributed by atoms with Gasteiger partial charge in [-0.05, 0) is 18.2 Å². The van der Waals surface area contributed by atoms with Crippen LogP contribution in [0.1, 0.15) is 6.42 Å². The van der Waals surface area contributed by atoms with Crippen LogP contribution in [-0.4, -0.2) is 47.9 Å². The standard InChI is InChI=1S/C12H22NO.HI.H2O/c1-4-8-13(9-5-2,10-6-3)11-7-12-14;;/h4-6,14H,1-3,7-12H2;1H;1H2/q+1;;/p-1. The van der Waals surface area contributed by atoms with Crippen molar-refractivity contribution in [2.45, 2.75) is 6.42 Å². The first-order chi connectivity index (χ1) is 6.74. The molecular formula is C12H24INO2. The Labute approximate surface area is 116 Å². The maximum Gasteiger partial charge on any atom is 0.0975 e. The van der Waals surface area contributed by atoms with Gasteiger partial charge in [0.05, 0.1) is 26.2 Å². The van der Waals surface area contributed by atoms with Crippen molar-refractivity contribution < 1.29 is 39.0 Å². The van der Waals surface area contributed by atoms with Crippen LogP contribution >= 0.6 is 0 Å². The first-order valence-electron chi connectivity index (χ1n) is 5.03. The van der Waals surface area contributed by atoms with Crippen molar-refractivity contribution in [1.29, 1.82) is 0 Å². The summed E-state index contributed by atoms with van der Waals surface area (Å²) >= 11 is 0. The molecule has 0 spiro atoms. The number of hydrogen-bond acceptors (Lipinski definition) is 1. The van der Waals surface area contributed by atoms with Crippen LogP contribution in [-0.2, 0) is 0 Å². The summed E-state index contributed by atoms with van der Waals surface area (Å²) < 4.78 is 0.872. The van der Waals surface area contributed by atoms with Gasteiger partial charge in [0.15, 0.2) is 0 Å². The first-order valence-corrected chi connectivity index (χ1v) is 5.03. The molecule has 96 valence electrons. The monoisotopic (exact) mass is 341 g/mol. The summed E-state index contributed by atoms with van der Waals surface area (Å²) in [6, 6.07) is 0. The average molecular weight is 341 g/mol. The van der Waals surface area contributed by atoms with Crippen LogP contribution < -0.4 is 24.0 Å². The van der Waals surface area contributed by atoms with Crippen molar-refractivity contribution in [3.63, 3.8) is 0 Å². The first kappa shape index (κ1) is 21.1. The Morgan fingerprint density at radius 1 is 0.938 bits per heavy atom. The van der Waals surface area contributed by atoms with E-state index in [0.717, 1.165) is 37.1 Å². The predicted molar refractivity (Wildman–Crippen MR) is 65.6 cm³/mol. The fraction of sp³-hybridized carbons (Fsp3) is 0.500. The molecule has 0 amide bonds. The molecule has 0 aliphatic rings. The third-order valence-electron chi connectivity index (χ3n) is 2.34. The quantitative estimate of drug-likeness (QED) is 0.292. The number of aliphatic hydroxyl groups excluding tert-OH is 1. The van der Waals surface area contributed by atoms with Gasteiger partial charge in [0.2, 0.25) is 0 Å². The van der Waals surface area contributed by atoms with Crippen LogP contribution in [0.15, 0.2) is 38.0 Å². The number of rotatable bonds is 9. The molecule has 0 heterocycles. The average Bonchev–Trinajstić information content (AvgIpc) is 2.16. The van der Waals surface area contributed by atoms with Crippen LogP contribution in [0.4, 0.5) is 0 Å². The second kappa shape index (κ2) is 12.9. The highest BCUT2D eigenvalue weighted by Gasteiger charge is 2.21. The van der Waals surface area contributed by atoms with Gasteiger partial charge in [0.1, 0.15) is 0 Å². The van der Waals surface area contributed by atoms with Gasteiger partial charge in [-0.25, -0.2) is 0 Å². The Morgan fingerprint density at radius 3 is 1.56 bits per heavy atom. The molecule has 0 saturated heterocycles. The van der Waals surface area contributed by atoms with Gasteiger partial charge in [-0.2, -0.15) is 0 Å². The van der Waals surface area contributed by atoms with Crippen LogP contribution in [0.3, 0.4) is 0 Å². The second-order valence-electron chi connectivity index (χ2n) is 3.56. The Hall–Kier alpha value is -0.170. The maximum atomic E-state index is 8.85. The van der Waals surface area contributed by atoms with Crippen molar-refractivity contribution in [3.8, 4) is 0 Å². The Morgan fingerprint density at radius 2 is 1.31 bits per heavy atom. The minimum Gasteiger partial charge on any atom is -1.00 e. The number of aliphatic hydroxyl groups is 1. The molecule has 0 rings (SSSR count). The van der Waals surface area contributed by atoms with Crippen molar-refractivity contribution in [1.82, 2.24) is 0 Å². The molecule has 0 aliphatic carbocycles. The molecular weight excluding hydrogens is 317 g/mol. The lowest BCUT2D eigenvalue weighted by atomic mass is 10.2. The topological polar surface area (TPSA) is 51.7 Å². The van der Waals surface area contributed by atoms with Crippen LogP contribution in [0.2, 0.25) is 0 Å². The minimum atomic E-state index is 0. The largest absolute Gasteiger partial charge is 1.00 e. The number of hydrogen-bond donors (Lipinski definition) is 1. The predicted octanol–water partition coefficient (Wildman–Crippen LogP) is -2.08. The summed E-state index contributed by atoms with van der Waals surface area (Å²) in [6.45, 7) is 15.2. The van der Waals surface area contributed by atoms with E-state index < -0.39 is 0 Å². The van der Waals surface area contributed by atoms with Gasteiger partial charge >= 0.3 is 0 Å². The zero-order chi connectivity index (χ0) is 10.9. The lowest BCUT2D eigenvalue weighted by molar-refractivity contribution is -0.912. The molecule has 0 aromatic heterocycles. The Balaban J connectivity index is -0.000000845. The second-order valence-corrected chi connectivity index (χ2v) is 3.56. The molecule has 3 N–H and O–H groups in total. The summed E-state index contributed by atoms with van der Waals surface area (Å²) in [6.07, 6.45) is 6.58. The zero-order valence-corrected chi connectivity index (χ0v) is 12.0. The molecule has 0 bridgehead atoms. The normalized spacial score (nSPS) is 9.56. The van der Waals surface area contributed by atoms with E-state index in [1.54, 1.807) is 0 Å². The Bertz CT molecular complexity index is 169. The van der Waals surface area contributed by atoms with Gasteiger partial charge in [0, 0.05) is 13.0 Å². The fourth-order valence-corrected chi connectivity index (χ4v) is 1.73. The van der Waals surface area contributed by atoms with E-state index in [4.69, 9.17) is 5.11 Å². The van der Waals surface area contributed by atoms with Gasteiger partial charge < -0.3 is 39.0 Å². The van der Waals surface area contributed by atoms with Crippen LogP contribution in [0.25, 0.3) is 0 Å². The van der Waals surface area contributed by atoms with Gasteiger partial charge in [-0.1, -0.05) is 19.7 Å². The molecule has 16 heavy (non-hydrogen) atoms. The lowest BCUT2D eigenvalue weighted by Crippen LogP contribution is -3.00. The van der Waals surface area contributed by atoms with E-state index >= 15 is 0 Å². The van der Waals surface area contributed by atoms with Crippen molar-refractivity contribution in [2.24, 2.45) is 0 Å². The van der Waals surface area contributed by atoms with Crippen LogP contribution in [0, 0.1) is 0 Å². The van der Waals surface area contributed by atoms with E-state index in [1.807, 2.05) is 18.2 Å². The summed E-state index contributed by atoms with van der Waals surface area (Å²) in [5.74, 6) is 0. The minimum absolute atomic E-state index is 0. The Kier molecular flexibility index (Phi) is 17.0. The van der Waals surface area contributed by atoms with E-state index in [2.05, 4.69) is 19.7 Å². The van der Waals surface area contributed by atoms with Gasteiger partial charge in [-0.15, -0.1) is 0 Å². The fourth-order valence-electron chi connectivity index (χ4n) is 1.73. The smallest absolute Gasteiger partial charge is 0.0975 e. The van der Waals surface area contributed by atoms with E-state index in [0.29, 0.717) is 0 Å². The maximum absolute atomic E-state index is 8.85. The summed E-state index contributed by atoms with van der Waals surface area (Å²) in [7, 11) is 0. The molecule has 0 saturated carbocycles. The third kappa shape index (κ3) is 8.04. The molecule has 0 aromatic carbocycles. The van der Waals surface area contributed by atoms with Gasteiger partial charge in [0.25, 0.3) is 0 Å². The van der Waals surface area contributed by atoms with Gasteiger partial charge in [-0.3, -0.25) is 0 Å². The summed E-state index contributed by atoms with van der Waals surface area (Å²) in [5, 5.41) is 8.85. The zero-order valence-electron chi connectivity index (χ0n) is 9.87. The van der Waals surface area contributed by atoms with Crippen molar-refractivity contribution >= 4 is 0 Å². The molecule has 4 heteroatoms. The van der Waals surface area contributed by atoms with E-state index in [9.17, 15) is 0 Å². The van der Waals surface area contributed by atoms with Crippen LogP contribution in [0.5, 0.6) is 0 Å². The van der Waals surface area contributed by atoms with E-state index in [-0.39, 0.29) is 36.1 Å². The molecule has 0 fully saturated rings. The molecule has 3 nitrogen and oxygen atoms in total. The van der Waals surface area contributed by atoms with E-state index in [1.165, 1.54) is 0 Å². The van der Waals surface area contributed by atoms with Crippen molar-refractivity contribution in [2.75, 3.05) is 32.8 Å². The van der Waals surface area contributed by atoms with Crippen molar-refractivity contribution in [3.05, 3.63) is 38.0 Å². The molecule has 0 aromatic rings. The molecule has 0 aliphatic heterocycles. The summed E-state index contributed by atoms with van der Waals surface area (Å²) in [4.78, 5) is 0. The summed E-state index contributed by atoms with van der Waals surface area (Å²) in [5.41, 5.74) is 0. The molecule has 0 unspecified atom stereocenters.